The van der Waals surface area contributed by atoms with Gasteiger partial charge in [0.1, 0.15) is 0 Å². The van der Waals surface area contributed by atoms with Gasteiger partial charge in [-0.2, -0.15) is 0 Å². The van der Waals surface area contributed by atoms with E-state index < -0.39 is 0 Å². The van der Waals surface area contributed by atoms with Crippen molar-refractivity contribution in [2.24, 2.45) is 0 Å². The maximum atomic E-state index is 10.3. The molecule has 0 aromatic heterocycles. The molecule has 0 radical (unpaired) electrons. The first kappa shape index (κ1) is 30.0. The SMILES string of the molecule is [O-]c1ccccc1.[O-]c1ccccc1.[O-]c1ccccc1.[O-]c1ccccc1.[Zr+2].[Zr+2]. The topological polar surface area (TPSA) is 92.2 Å². The first-order valence-electron chi connectivity index (χ1n) is 8.46. The van der Waals surface area contributed by atoms with Gasteiger partial charge < -0.3 is 20.4 Å². The van der Waals surface area contributed by atoms with E-state index in [9.17, 15) is 20.4 Å². The molecule has 4 aromatic rings. The molecule has 0 saturated heterocycles. The molecule has 30 heavy (non-hydrogen) atoms. The van der Waals surface area contributed by atoms with Crippen LogP contribution in [0.5, 0.6) is 23.0 Å². The van der Waals surface area contributed by atoms with Crippen LogP contribution >= 0.6 is 0 Å². The van der Waals surface area contributed by atoms with Crippen LogP contribution < -0.4 is 20.4 Å². The van der Waals surface area contributed by atoms with Gasteiger partial charge in [-0.05, 0) is 0 Å². The molecule has 0 spiro atoms. The summed E-state index contributed by atoms with van der Waals surface area (Å²) in [4.78, 5) is 0. The molecule has 4 aromatic carbocycles. The molecule has 4 nitrogen and oxygen atoms in total. The molecule has 148 valence electrons. The normalized spacial score (nSPS) is 8.00. The van der Waals surface area contributed by atoms with Crippen LogP contribution in [0.1, 0.15) is 0 Å². The van der Waals surface area contributed by atoms with Crippen LogP contribution in [-0.4, -0.2) is 0 Å². The molecule has 0 aliphatic heterocycles. The Morgan fingerprint density at radius 3 is 0.467 bits per heavy atom. The summed E-state index contributed by atoms with van der Waals surface area (Å²) in [5.74, 6) is 0.287. The van der Waals surface area contributed by atoms with Crippen LogP contribution in [0.4, 0.5) is 0 Å². The second kappa shape index (κ2) is 20.1. The maximum Gasteiger partial charge on any atom is 2.00 e. The van der Waals surface area contributed by atoms with E-state index in [-0.39, 0.29) is 75.4 Å². The summed E-state index contributed by atoms with van der Waals surface area (Å²) < 4.78 is 0. The molecular weight excluding hydrogens is 535 g/mol. The zero-order valence-corrected chi connectivity index (χ0v) is 21.1. The van der Waals surface area contributed by atoms with Gasteiger partial charge in [0, 0.05) is 0 Å². The molecule has 0 N–H and O–H groups in total. The molecule has 0 saturated carbocycles. The molecule has 0 aliphatic carbocycles. The molecule has 6 heteroatoms. The molecule has 0 amide bonds. The van der Waals surface area contributed by atoms with E-state index in [4.69, 9.17) is 0 Å². The molecule has 0 unspecified atom stereocenters. The van der Waals surface area contributed by atoms with Gasteiger partial charge in [0.15, 0.2) is 0 Å². The standard InChI is InChI=1S/4C6H6O.2Zr/c4*7-6-4-2-1-3-5-6;;/h4*1-5,7H;;/q;;;;2*+2/p-4. The van der Waals surface area contributed by atoms with Crippen LogP contribution in [-0.2, 0) is 52.4 Å². The molecule has 0 fully saturated rings. The van der Waals surface area contributed by atoms with E-state index in [0.29, 0.717) is 0 Å². The largest absolute Gasteiger partial charge is 2.00 e. The van der Waals surface area contributed by atoms with Gasteiger partial charge in [-0.3, -0.25) is 0 Å². The summed E-state index contributed by atoms with van der Waals surface area (Å²) in [7, 11) is 0. The fraction of sp³-hybridized carbons (Fsp3) is 0. The number of rotatable bonds is 0. The van der Waals surface area contributed by atoms with Crippen LogP contribution in [0.25, 0.3) is 0 Å². The molecule has 4 rings (SSSR count). The van der Waals surface area contributed by atoms with Gasteiger partial charge in [0.05, 0.1) is 0 Å². The van der Waals surface area contributed by atoms with E-state index in [1.165, 1.54) is 48.5 Å². The number of para-hydroxylation sites is 4. The van der Waals surface area contributed by atoms with Gasteiger partial charge >= 0.3 is 52.4 Å². The molecule has 0 atom stereocenters. The van der Waals surface area contributed by atoms with Gasteiger partial charge in [-0.15, -0.1) is 23.0 Å². The van der Waals surface area contributed by atoms with Crippen molar-refractivity contribution in [1.29, 1.82) is 0 Å². The summed E-state index contributed by atoms with van der Waals surface area (Å²) in [6, 6.07) is 33.3. The van der Waals surface area contributed by atoms with E-state index in [2.05, 4.69) is 0 Å². The summed E-state index contributed by atoms with van der Waals surface area (Å²) in [5.41, 5.74) is 0. The van der Waals surface area contributed by atoms with Crippen molar-refractivity contribution in [2.75, 3.05) is 0 Å². The van der Waals surface area contributed by atoms with Crippen LogP contribution in [0.3, 0.4) is 0 Å². The second-order valence-corrected chi connectivity index (χ2v) is 5.25. The third-order valence-corrected chi connectivity index (χ3v) is 2.97. The Morgan fingerprint density at radius 1 is 0.267 bits per heavy atom. The predicted molar refractivity (Wildman–Crippen MR) is 104 cm³/mol. The average Bonchev–Trinajstić information content (AvgIpc) is 2.72. The van der Waals surface area contributed by atoms with E-state index in [1.807, 2.05) is 24.3 Å². The Labute approximate surface area is 215 Å². The Kier molecular flexibility index (Phi) is 20.2. The van der Waals surface area contributed by atoms with Crippen molar-refractivity contribution in [3.05, 3.63) is 121 Å². The van der Waals surface area contributed by atoms with Crippen molar-refractivity contribution in [2.45, 2.75) is 0 Å². The first-order chi connectivity index (χ1) is 13.6. The Hall–Kier alpha value is -2.15. The van der Waals surface area contributed by atoms with E-state index in [1.54, 1.807) is 48.5 Å². The predicted octanol–water partition coefficient (Wildman–Crippen LogP) is 3.04. The van der Waals surface area contributed by atoms with Crippen molar-refractivity contribution in [3.8, 4) is 23.0 Å². The monoisotopic (exact) mass is 552 g/mol. The zero-order chi connectivity index (χ0) is 20.5. The van der Waals surface area contributed by atoms with E-state index in [0.717, 1.165) is 0 Å². The van der Waals surface area contributed by atoms with Crippen molar-refractivity contribution in [1.82, 2.24) is 0 Å². The average molecular weight is 555 g/mol. The molecule has 0 heterocycles. The third-order valence-electron chi connectivity index (χ3n) is 2.97. The summed E-state index contributed by atoms with van der Waals surface area (Å²) in [5, 5.41) is 41.1. The van der Waals surface area contributed by atoms with Gasteiger partial charge in [0.25, 0.3) is 0 Å². The minimum atomic E-state index is 0. The summed E-state index contributed by atoms with van der Waals surface area (Å²) in [6.45, 7) is 0. The Morgan fingerprint density at radius 2 is 0.400 bits per heavy atom. The fourth-order valence-electron chi connectivity index (χ4n) is 1.68. The van der Waals surface area contributed by atoms with Gasteiger partial charge in [0.2, 0.25) is 0 Å². The Bertz CT molecular complexity index is 697. The minimum Gasteiger partial charge on any atom is -0.872 e. The quantitative estimate of drug-likeness (QED) is 0.334. The first-order valence-corrected chi connectivity index (χ1v) is 8.46. The second-order valence-electron chi connectivity index (χ2n) is 5.25. The van der Waals surface area contributed by atoms with E-state index >= 15 is 0 Å². The fourth-order valence-corrected chi connectivity index (χ4v) is 1.68. The number of benzene rings is 4. The smallest absolute Gasteiger partial charge is 0.872 e. The number of hydrogen-bond acceptors (Lipinski definition) is 4. The molecule has 0 bridgehead atoms. The zero-order valence-electron chi connectivity index (χ0n) is 16.2. The number of hydrogen-bond donors (Lipinski definition) is 0. The van der Waals surface area contributed by atoms with Crippen molar-refractivity contribution in [3.63, 3.8) is 0 Å². The Balaban J connectivity index is 0. The summed E-state index contributed by atoms with van der Waals surface area (Å²) in [6.07, 6.45) is 0. The molecule has 0 aliphatic rings. The van der Waals surface area contributed by atoms with Crippen molar-refractivity contribution < 1.29 is 72.8 Å². The van der Waals surface area contributed by atoms with Crippen molar-refractivity contribution >= 4 is 0 Å². The third kappa shape index (κ3) is 17.9. The minimum absolute atomic E-state index is 0. The van der Waals surface area contributed by atoms with Crippen LogP contribution in [0.15, 0.2) is 121 Å². The van der Waals surface area contributed by atoms with Gasteiger partial charge in [-0.1, -0.05) is 121 Å². The molecular formula is C24H20O4Zr2. The van der Waals surface area contributed by atoms with Crippen LogP contribution in [0.2, 0.25) is 0 Å². The maximum absolute atomic E-state index is 10.3. The summed E-state index contributed by atoms with van der Waals surface area (Å²) >= 11 is 0. The van der Waals surface area contributed by atoms with Crippen LogP contribution in [0, 0.1) is 0 Å². The van der Waals surface area contributed by atoms with Gasteiger partial charge in [-0.25, -0.2) is 0 Å².